The van der Waals surface area contributed by atoms with E-state index in [1.54, 1.807) is 6.20 Å². The van der Waals surface area contributed by atoms with Crippen LogP contribution in [-0.2, 0) is 13.0 Å². The first-order valence-electron chi connectivity index (χ1n) is 8.00. The molecule has 24 heavy (non-hydrogen) atoms. The number of fused-ring (bicyclic) bond motifs is 1. The third kappa shape index (κ3) is 3.95. The lowest BCUT2D eigenvalue weighted by molar-refractivity contribution is 0.214. The van der Waals surface area contributed by atoms with Gasteiger partial charge in [0.2, 0.25) is 0 Å². The Balaban J connectivity index is 1.43. The molecule has 126 valence electrons. The van der Waals surface area contributed by atoms with Gasteiger partial charge >= 0.3 is 6.03 Å². The molecular weight excluding hydrogens is 304 g/mol. The second-order valence-corrected chi connectivity index (χ2v) is 6.03. The molecule has 1 aromatic carbocycles. The van der Waals surface area contributed by atoms with E-state index in [1.807, 2.05) is 49.3 Å². The summed E-state index contributed by atoms with van der Waals surface area (Å²) in [6, 6.07) is 11.6. The number of aromatic nitrogens is 1. The first kappa shape index (κ1) is 16.1. The van der Waals surface area contributed by atoms with E-state index in [0.29, 0.717) is 13.1 Å². The monoisotopic (exact) mass is 326 g/mol. The highest BCUT2D eigenvalue weighted by Gasteiger charge is 2.22. The molecular formula is C18H22N4O2. The average Bonchev–Trinajstić information content (AvgIpc) is 3.01. The molecule has 0 fully saturated rings. The molecule has 1 atom stereocenters. The summed E-state index contributed by atoms with van der Waals surface area (Å²) in [6.45, 7) is 0.945. The van der Waals surface area contributed by atoms with E-state index in [4.69, 9.17) is 4.74 Å². The Kier molecular flexibility index (Phi) is 4.84. The van der Waals surface area contributed by atoms with Gasteiger partial charge in [-0.15, -0.1) is 0 Å². The number of ether oxygens (including phenoxy) is 1. The first-order chi connectivity index (χ1) is 11.6. The van der Waals surface area contributed by atoms with Crippen molar-refractivity contribution >= 4 is 11.8 Å². The van der Waals surface area contributed by atoms with Gasteiger partial charge in [0.25, 0.3) is 0 Å². The quantitative estimate of drug-likeness (QED) is 0.881. The van der Waals surface area contributed by atoms with Crippen molar-refractivity contribution < 1.29 is 9.53 Å². The van der Waals surface area contributed by atoms with Gasteiger partial charge in [-0.05, 0) is 29.3 Å². The summed E-state index contributed by atoms with van der Waals surface area (Å²) < 4.78 is 5.81. The topological polar surface area (TPSA) is 66.5 Å². The van der Waals surface area contributed by atoms with E-state index in [2.05, 4.69) is 21.7 Å². The van der Waals surface area contributed by atoms with Gasteiger partial charge in [0, 0.05) is 33.3 Å². The van der Waals surface area contributed by atoms with Crippen molar-refractivity contribution in [2.24, 2.45) is 0 Å². The minimum absolute atomic E-state index is 0.00517. The number of pyridine rings is 1. The molecule has 6 heteroatoms. The number of amides is 2. The maximum atomic E-state index is 12.0. The molecule has 3 rings (SSSR count). The number of rotatable bonds is 5. The van der Waals surface area contributed by atoms with Crippen molar-refractivity contribution in [3.05, 3.63) is 53.7 Å². The van der Waals surface area contributed by atoms with Gasteiger partial charge in [0.05, 0.1) is 6.54 Å². The number of urea groups is 1. The van der Waals surface area contributed by atoms with Crippen LogP contribution in [0.15, 0.2) is 42.6 Å². The minimum atomic E-state index is -0.197. The van der Waals surface area contributed by atoms with Gasteiger partial charge in [-0.25, -0.2) is 9.78 Å². The van der Waals surface area contributed by atoms with Crippen molar-refractivity contribution in [1.29, 1.82) is 0 Å². The third-order valence-corrected chi connectivity index (χ3v) is 3.93. The molecule has 2 N–H and O–H groups in total. The van der Waals surface area contributed by atoms with Gasteiger partial charge in [-0.2, -0.15) is 0 Å². The van der Waals surface area contributed by atoms with Crippen molar-refractivity contribution in [1.82, 2.24) is 15.6 Å². The first-order valence-corrected chi connectivity index (χ1v) is 8.00. The molecule has 2 amide bonds. The number of hydrogen-bond donors (Lipinski definition) is 2. The third-order valence-electron chi connectivity index (χ3n) is 3.93. The van der Waals surface area contributed by atoms with Crippen LogP contribution in [0.1, 0.15) is 11.1 Å². The molecule has 2 aromatic rings. The predicted molar refractivity (Wildman–Crippen MR) is 93.4 cm³/mol. The van der Waals surface area contributed by atoms with Crippen molar-refractivity contribution in [3.8, 4) is 5.75 Å². The van der Waals surface area contributed by atoms with Crippen LogP contribution in [0.3, 0.4) is 0 Å². The number of nitrogens with one attached hydrogen (secondary N) is 2. The van der Waals surface area contributed by atoms with Crippen molar-refractivity contribution in [2.45, 2.75) is 19.1 Å². The molecule has 2 heterocycles. The second kappa shape index (κ2) is 7.21. The fourth-order valence-electron chi connectivity index (χ4n) is 2.63. The predicted octanol–water partition coefficient (Wildman–Crippen LogP) is 1.95. The normalized spacial score (nSPS) is 15.3. The highest BCUT2D eigenvalue weighted by Crippen LogP contribution is 2.27. The molecule has 0 saturated heterocycles. The van der Waals surface area contributed by atoms with Crippen LogP contribution in [0.2, 0.25) is 0 Å². The van der Waals surface area contributed by atoms with Crippen LogP contribution in [-0.4, -0.2) is 37.8 Å². The molecule has 6 nitrogen and oxygen atoms in total. The highest BCUT2D eigenvalue weighted by molar-refractivity contribution is 5.73. The lowest BCUT2D eigenvalue weighted by Crippen LogP contribution is -2.40. The van der Waals surface area contributed by atoms with E-state index in [-0.39, 0.29) is 12.1 Å². The molecule has 0 spiro atoms. The molecule has 1 aliphatic heterocycles. The van der Waals surface area contributed by atoms with Crippen LogP contribution in [0, 0.1) is 0 Å². The van der Waals surface area contributed by atoms with Gasteiger partial charge in [0.1, 0.15) is 17.7 Å². The SMILES string of the molecule is CN(C)c1cc(CNC(=O)NC[C@@H]2Cc3ccccc3O2)ccn1. The molecule has 0 radical (unpaired) electrons. The van der Waals surface area contributed by atoms with Crippen LogP contribution < -0.4 is 20.3 Å². The van der Waals surface area contributed by atoms with E-state index < -0.39 is 0 Å². The van der Waals surface area contributed by atoms with E-state index in [1.165, 1.54) is 5.56 Å². The van der Waals surface area contributed by atoms with Crippen LogP contribution in [0.5, 0.6) is 5.75 Å². The van der Waals surface area contributed by atoms with E-state index >= 15 is 0 Å². The average molecular weight is 326 g/mol. The van der Waals surface area contributed by atoms with E-state index in [0.717, 1.165) is 23.6 Å². The Morgan fingerprint density at radius 2 is 2.12 bits per heavy atom. The number of hydrogen-bond acceptors (Lipinski definition) is 4. The standard InChI is InChI=1S/C18H22N4O2/c1-22(2)17-9-13(7-8-19-17)11-20-18(23)21-12-15-10-14-5-3-4-6-16(14)24-15/h3-9,15H,10-12H2,1-2H3,(H2,20,21,23)/t15-/m0/s1. The van der Waals surface area contributed by atoms with Gasteiger partial charge in [-0.3, -0.25) is 0 Å². The molecule has 0 aliphatic carbocycles. The van der Waals surface area contributed by atoms with E-state index in [9.17, 15) is 4.79 Å². The zero-order valence-corrected chi connectivity index (χ0v) is 14.0. The smallest absolute Gasteiger partial charge is 0.315 e. The summed E-state index contributed by atoms with van der Waals surface area (Å²) in [4.78, 5) is 18.1. The highest BCUT2D eigenvalue weighted by atomic mass is 16.5. The minimum Gasteiger partial charge on any atom is -0.488 e. The summed E-state index contributed by atoms with van der Waals surface area (Å²) in [5.41, 5.74) is 2.20. The maximum absolute atomic E-state index is 12.0. The summed E-state index contributed by atoms with van der Waals surface area (Å²) in [6.07, 6.45) is 2.57. The van der Waals surface area contributed by atoms with Gasteiger partial charge in [0.15, 0.2) is 0 Å². The number of anilines is 1. The molecule has 0 bridgehead atoms. The summed E-state index contributed by atoms with van der Waals surface area (Å²) in [7, 11) is 3.87. The fraction of sp³-hybridized carbons (Fsp3) is 0.333. The Morgan fingerprint density at radius 1 is 1.29 bits per heavy atom. The zero-order chi connectivity index (χ0) is 16.9. The lowest BCUT2D eigenvalue weighted by Gasteiger charge is -2.14. The van der Waals surface area contributed by atoms with Crippen LogP contribution in [0.25, 0.3) is 0 Å². The Morgan fingerprint density at radius 3 is 2.92 bits per heavy atom. The molecule has 0 unspecified atom stereocenters. The lowest BCUT2D eigenvalue weighted by atomic mass is 10.1. The maximum Gasteiger partial charge on any atom is 0.315 e. The van der Waals surface area contributed by atoms with Crippen molar-refractivity contribution in [2.75, 3.05) is 25.5 Å². The number of para-hydroxylation sites is 1. The second-order valence-electron chi connectivity index (χ2n) is 6.03. The summed E-state index contributed by atoms with van der Waals surface area (Å²) >= 11 is 0. The van der Waals surface area contributed by atoms with Gasteiger partial charge in [-0.1, -0.05) is 18.2 Å². The number of carbonyl (C=O) groups is 1. The van der Waals surface area contributed by atoms with Crippen LogP contribution in [0.4, 0.5) is 10.6 Å². The molecule has 1 aliphatic rings. The summed E-state index contributed by atoms with van der Waals surface area (Å²) in [5.74, 6) is 1.78. The molecule has 1 aromatic heterocycles. The van der Waals surface area contributed by atoms with Crippen molar-refractivity contribution in [3.63, 3.8) is 0 Å². The largest absolute Gasteiger partial charge is 0.488 e. The Bertz CT molecular complexity index is 693. The summed E-state index contributed by atoms with van der Waals surface area (Å²) in [5, 5.41) is 5.72. The fourth-order valence-corrected chi connectivity index (χ4v) is 2.63. The Labute approximate surface area is 141 Å². The number of nitrogens with zero attached hydrogens (tertiary/aromatic N) is 2. The number of benzene rings is 1. The Hall–Kier alpha value is -2.76. The number of carbonyl (C=O) groups excluding carboxylic acids is 1. The van der Waals surface area contributed by atoms with Gasteiger partial charge < -0.3 is 20.3 Å². The zero-order valence-electron chi connectivity index (χ0n) is 14.0. The molecule has 0 saturated carbocycles. The van der Waals surface area contributed by atoms with Crippen LogP contribution >= 0.6 is 0 Å².